The van der Waals surface area contributed by atoms with Crippen LogP contribution >= 0.6 is 11.3 Å². The molecule has 0 saturated heterocycles. The van der Waals surface area contributed by atoms with E-state index in [4.69, 9.17) is 4.74 Å². The van der Waals surface area contributed by atoms with E-state index in [2.05, 4.69) is 198 Å². The maximum Gasteiger partial charge on any atom is 0.152 e. The first-order valence-corrected chi connectivity index (χ1v) is 18.3. The number of thiophene rings is 1. The number of ether oxygens (including phenoxy) is 1. The molecule has 0 spiro atoms. The molecule has 0 aliphatic carbocycles. The Morgan fingerprint density at radius 1 is 0.385 bits per heavy atom. The van der Waals surface area contributed by atoms with Gasteiger partial charge in [-0.2, -0.15) is 0 Å². The molecule has 1 aliphatic rings. The predicted octanol–water partition coefficient (Wildman–Crippen LogP) is 14.4. The Kier molecular flexibility index (Phi) is 7.33. The largest absolute Gasteiger partial charge is 0.453 e. The van der Waals surface area contributed by atoms with E-state index >= 15 is 0 Å². The van der Waals surface area contributed by atoms with E-state index in [0.29, 0.717) is 0 Å². The summed E-state index contributed by atoms with van der Waals surface area (Å²) in [6.07, 6.45) is 0. The van der Waals surface area contributed by atoms with E-state index in [-0.39, 0.29) is 0 Å². The minimum atomic E-state index is 0.833. The van der Waals surface area contributed by atoms with Gasteiger partial charge in [0, 0.05) is 42.9 Å². The van der Waals surface area contributed by atoms with Crippen molar-refractivity contribution in [3.63, 3.8) is 0 Å². The molecule has 0 bridgehead atoms. The number of para-hydroxylation sites is 3. The molecule has 0 radical (unpaired) electrons. The average molecular weight is 685 g/mol. The Morgan fingerprint density at radius 3 is 1.71 bits per heavy atom. The van der Waals surface area contributed by atoms with Gasteiger partial charge >= 0.3 is 0 Å². The number of nitrogens with zero attached hydrogens (tertiary/aromatic N) is 2. The topological polar surface area (TPSA) is 15.7 Å². The van der Waals surface area contributed by atoms with Gasteiger partial charge in [0.05, 0.1) is 11.4 Å². The highest BCUT2D eigenvalue weighted by atomic mass is 32.1. The zero-order valence-corrected chi connectivity index (χ0v) is 29.0. The SMILES string of the molecule is c1ccc(-c2ccc(N(c3ccccc3)c3ccc(-c4ccc5c(c4)Oc4ccccc4N5c4ccc5sc6ccccc6c5c4)cc3)cc2)cc1. The lowest BCUT2D eigenvalue weighted by atomic mass is 10.0. The Hall–Kier alpha value is -6.62. The highest BCUT2D eigenvalue weighted by Gasteiger charge is 2.26. The molecule has 9 aromatic rings. The third kappa shape index (κ3) is 5.29. The van der Waals surface area contributed by atoms with Crippen LogP contribution in [0.1, 0.15) is 0 Å². The number of benzene rings is 8. The second-order valence-corrected chi connectivity index (χ2v) is 14.1. The molecular formula is C48H32N2OS. The molecule has 52 heavy (non-hydrogen) atoms. The number of fused-ring (bicyclic) bond motifs is 5. The van der Waals surface area contributed by atoms with E-state index in [0.717, 1.165) is 56.8 Å². The van der Waals surface area contributed by atoms with Gasteiger partial charge in [-0.05, 0) is 107 Å². The van der Waals surface area contributed by atoms with Gasteiger partial charge in [-0.25, -0.2) is 0 Å². The lowest BCUT2D eigenvalue weighted by Crippen LogP contribution is -2.15. The third-order valence-corrected chi connectivity index (χ3v) is 11.0. The molecule has 1 aromatic heterocycles. The van der Waals surface area contributed by atoms with Gasteiger partial charge in [0.1, 0.15) is 0 Å². The molecule has 3 nitrogen and oxygen atoms in total. The van der Waals surface area contributed by atoms with E-state index < -0.39 is 0 Å². The molecule has 8 aromatic carbocycles. The van der Waals surface area contributed by atoms with Crippen molar-refractivity contribution in [3.8, 4) is 33.8 Å². The van der Waals surface area contributed by atoms with Crippen LogP contribution in [0.4, 0.5) is 34.1 Å². The lowest BCUT2D eigenvalue weighted by molar-refractivity contribution is 0.477. The molecule has 0 atom stereocenters. The van der Waals surface area contributed by atoms with Crippen molar-refractivity contribution in [2.45, 2.75) is 0 Å². The number of rotatable bonds is 6. The average Bonchev–Trinajstić information content (AvgIpc) is 3.59. The van der Waals surface area contributed by atoms with Crippen molar-refractivity contribution in [2.24, 2.45) is 0 Å². The summed E-state index contributed by atoms with van der Waals surface area (Å²) in [6, 6.07) is 69.0. The number of hydrogen-bond acceptors (Lipinski definition) is 4. The van der Waals surface area contributed by atoms with Crippen LogP contribution in [0.15, 0.2) is 194 Å². The normalized spacial score (nSPS) is 12.0. The van der Waals surface area contributed by atoms with Crippen LogP contribution in [-0.4, -0.2) is 0 Å². The summed E-state index contributed by atoms with van der Waals surface area (Å²) in [5, 5.41) is 2.57. The zero-order valence-electron chi connectivity index (χ0n) is 28.2. The second kappa shape index (κ2) is 12.6. The van der Waals surface area contributed by atoms with Crippen LogP contribution in [0.25, 0.3) is 42.4 Å². The molecule has 246 valence electrons. The minimum absolute atomic E-state index is 0.833. The van der Waals surface area contributed by atoms with Gasteiger partial charge < -0.3 is 14.5 Å². The Balaban J connectivity index is 1.01. The first kappa shape index (κ1) is 30.2. The fourth-order valence-electron chi connectivity index (χ4n) is 7.33. The first-order chi connectivity index (χ1) is 25.8. The lowest BCUT2D eigenvalue weighted by Gasteiger charge is -2.33. The zero-order chi connectivity index (χ0) is 34.4. The van der Waals surface area contributed by atoms with Crippen LogP contribution in [-0.2, 0) is 0 Å². The van der Waals surface area contributed by atoms with E-state index in [9.17, 15) is 0 Å². The Morgan fingerprint density at radius 2 is 0.942 bits per heavy atom. The van der Waals surface area contributed by atoms with Gasteiger partial charge in [0.15, 0.2) is 11.5 Å². The standard InChI is InChI=1S/C48H32N2OS/c1-3-11-33(12-4-1)34-19-24-38(25-20-34)49(37-13-5-2-6-14-37)39-26-21-35(22-27-39)36-23-29-44-46(31-36)51-45-17-9-8-16-43(45)50(44)40-28-30-48-42(32-40)41-15-7-10-18-47(41)52-48/h1-32H. The Bertz CT molecular complexity index is 2700. The van der Waals surface area contributed by atoms with Crippen molar-refractivity contribution in [1.82, 2.24) is 0 Å². The predicted molar refractivity (Wildman–Crippen MR) is 220 cm³/mol. The summed E-state index contributed by atoms with van der Waals surface area (Å²) >= 11 is 1.84. The van der Waals surface area contributed by atoms with Crippen molar-refractivity contribution in [3.05, 3.63) is 194 Å². The van der Waals surface area contributed by atoms with E-state index in [1.54, 1.807) is 0 Å². The Labute approximate surface area is 306 Å². The maximum atomic E-state index is 6.61. The molecule has 0 unspecified atom stereocenters. The molecule has 0 N–H and O–H groups in total. The maximum absolute atomic E-state index is 6.61. The highest BCUT2D eigenvalue weighted by molar-refractivity contribution is 7.25. The van der Waals surface area contributed by atoms with E-state index in [1.807, 2.05) is 17.4 Å². The summed E-state index contributed by atoms with van der Waals surface area (Å²) in [5.41, 5.74) is 11.1. The fourth-order valence-corrected chi connectivity index (χ4v) is 8.42. The van der Waals surface area contributed by atoms with E-state index in [1.165, 1.54) is 31.3 Å². The van der Waals surface area contributed by atoms with Crippen molar-refractivity contribution < 1.29 is 4.74 Å². The number of hydrogen-bond donors (Lipinski definition) is 0. The molecule has 0 saturated carbocycles. The van der Waals surface area contributed by atoms with Gasteiger partial charge in [-0.3, -0.25) is 0 Å². The van der Waals surface area contributed by atoms with Crippen LogP contribution in [0.2, 0.25) is 0 Å². The van der Waals surface area contributed by atoms with Crippen LogP contribution in [0.3, 0.4) is 0 Å². The van der Waals surface area contributed by atoms with Crippen LogP contribution in [0.5, 0.6) is 11.5 Å². The fraction of sp³-hybridized carbons (Fsp3) is 0. The van der Waals surface area contributed by atoms with Crippen molar-refractivity contribution >= 4 is 65.6 Å². The van der Waals surface area contributed by atoms with Gasteiger partial charge in [-0.15, -0.1) is 11.3 Å². The molecule has 0 amide bonds. The number of anilines is 6. The van der Waals surface area contributed by atoms with Gasteiger partial charge in [0.25, 0.3) is 0 Å². The van der Waals surface area contributed by atoms with Gasteiger partial charge in [-0.1, -0.05) is 109 Å². The third-order valence-electron chi connectivity index (χ3n) is 9.85. The van der Waals surface area contributed by atoms with Crippen LogP contribution in [0, 0.1) is 0 Å². The smallest absolute Gasteiger partial charge is 0.152 e. The summed E-state index contributed by atoms with van der Waals surface area (Å²) in [4.78, 5) is 4.63. The summed E-state index contributed by atoms with van der Waals surface area (Å²) < 4.78 is 9.20. The van der Waals surface area contributed by atoms with Crippen molar-refractivity contribution in [1.29, 1.82) is 0 Å². The molecule has 4 heteroatoms. The summed E-state index contributed by atoms with van der Waals surface area (Å²) in [6.45, 7) is 0. The van der Waals surface area contributed by atoms with Crippen LogP contribution < -0.4 is 14.5 Å². The van der Waals surface area contributed by atoms with Gasteiger partial charge in [0.2, 0.25) is 0 Å². The summed E-state index contributed by atoms with van der Waals surface area (Å²) in [7, 11) is 0. The second-order valence-electron chi connectivity index (χ2n) is 13.0. The molecule has 10 rings (SSSR count). The molecule has 1 aliphatic heterocycles. The monoisotopic (exact) mass is 684 g/mol. The highest BCUT2D eigenvalue weighted by Crippen LogP contribution is 2.52. The first-order valence-electron chi connectivity index (χ1n) is 17.5. The molecule has 0 fully saturated rings. The molecular weight excluding hydrogens is 653 g/mol. The summed E-state index contributed by atoms with van der Waals surface area (Å²) in [5.74, 6) is 1.68. The quantitative estimate of drug-likeness (QED) is 0.173. The minimum Gasteiger partial charge on any atom is -0.453 e. The molecule has 2 heterocycles. The van der Waals surface area contributed by atoms with Crippen molar-refractivity contribution in [2.75, 3.05) is 9.80 Å².